The van der Waals surface area contributed by atoms with Gasteiger partial charge in [-0.15, -0.1) is 0 Å². The lowest BCUT2D eigenvalue weighted by atomic mass is 10.0. The minimum atomic E-state index is -1.54. The summed E-state index contributed by atoms with van der Waals surface area (Å²) in [5, 5.41) is 36.6. The SMILES string of the molecule is CC(O)C(NC(=O)C(Cc1ccc(O)cc1)NC(=O)C(N)CCCCN)C(=O)NC(CCCN=C(N)N)C(=O)O. The van der Waals surface area contributed by atoms with Crippen LogP contribution in [0.1, 0.15) is 44.6 Å². The Labute approximate surface area is 232 Å². The number of aromatic hydroxyl groups is 1. The van der Waals surface area contributed by atoms with Gasteiger partial charge in [0.25, 0.3) is 0 Å². The van der Waals surface area contributed by atoms with Crippen LogP contribution in [-0.2, 0) is 25.6 Å². The number of hydrogen-bond donors (Lipinski definition) is 10. The minimum absolute atomic E-state index is 0.00726. The van der Waals surface area contributed by atoms with Crippen molar-refractivity contribution in [2.45, 2.75) is 75.7 Å². The highest BCUT2D eigenvalue weighted by atomic mass is 16.4. The molecule has 0 bridgehead atoms. The first kappa shape index (κ1) is 34.1. The lowest BCUT2D eigenvalue weighted by molar-refractivity contribution is -0.143. The number of hydrogen-bond acceptors (Lipinski definition) is 9. The fourth-order valence-electron chi connectivity index (χ4n) is 3.68. The topological polar surface area (TPSA) is 282 Å². The highest BCUT2D eigenvalue weighted by Gasteiger charge is 2.32. The summed E-state index contributed by atoms with van der Waals surface area (Å²) in [6.45, 7) is 1.84. The Morgan fingerprint density at radius 3 is 2.08 bits per heavy atom. The fourth-order valence-corrected chi connectivity index (χ4v) is 3.68. The number of aliphatic hydroxyl groups excluding tert-OH is 1. The third kappa shape index (κ3) is 12.7. The lowest BCUT2D eigenvalue weighted by Gasteiger charge is -2.26. The van der Waals surface area contributed by atoms with Crippen molar-refractivity contribution in [3.8, 4) is 5.75 Å². The molecule has 5 atom stereocenters. The Kier molecular flexibility index (Phi) is 15.0. The van der Waals surface area contributed by atoms with Crippen LogP contribution in [0.25, 0.3) is 0 Å². The van der Waals surface area contributed by atoms with E-state index in [2.05, 4.69) is 20.9 Å². The van der Waals surface area contributed by atoms with E-state index in [9.17, 15) is 34.5 Å². The van der Waals surface area contributed by atoms with E-state index in [1.807, 2.05) is 0 Å². The van der Waals surface area contributed by atoms with Gasteiger partial charge >= 0.3 is 5.97 Å². The van der Waals surface area contributed by atoms with Crippen LogP contribution in [0.3, 0.4) is 0 Å². The number of phenols is 1. The maximum atomic E-state index is 13.3. The number of aliphatic carboxylic acids is 1. The molecule has 0 aliphatic carbocycles. The molecule has 15 nitrogen and oxygen atoms in total. The number of rotatable bonds is 18. The highest BCUT2D eigenvalue weighted by molar-refractivity contribution is 5.94. The van der Waals surface area contributed by atoms with Crippen molar-refractivity contribution in [2.24, 2.45) is 27.9 Å². The molecule has 3 amide bonds. The van der Waals surface area contributed by atoms with Crippen LogP contribution in [0.4, 0.5) is 0 Å². The fraction of sp³-hybridized carbons (Fsp3) is 0.560. The molecular weight excluding hydrogens is 524 g/mol. The van der Waals surface area contributed by atoms with Gasteiger partial charge in [0, 0.05) is 13.0 Å². The van der Waals surface area contributed by atoms with E-state index in [1.165, 1.54) is 19.1 Å². The van der Waals surface area contributed by atoms with Gasteiger partial charge in [0.15, 0.2) is 5.96 Å². The van der Waals surface area contributed by atoms with Gasteiger partial charge in [0.05, 0.1) is 12.1 Å². The summed E-state index contributed by atoms with van der Waals surface area (Å²) in [4.78, 5) is 54.3. The first-order valence-electron chi connectivity index (χ1n) is 13.0. The molecule has 0 fully saturated rings. The summed E-state index contributed by atoms with van der Waals surface area (Å²) < 4.78 is 0. The van der Waals surface area contributed by atoms with Crippen LogP contribution in [0, 0.1) is 0 Å². The summed E-state index contributed by atoms with van der Waals surface area (Å²) in [6.07, 6.45) is 0.422. The molecule has 1 rings (SSSR count). The van der Waals surface area contributed by atoms with Crippen molar-refractivity contribution in [3.05, 3.63) is 29.8 Å². The van der Waals surface area contributed by atoms with Gasteiger partial charge in [-0.1, -0.05) is 18.6 Å². The van der Waals surface area contributed by atoms with Crippen LogP contribution in [0.2, 0.25) is 0 Å². The van der Waals surface area contributed by atoms with Crippen molar-refractivity contribution in [1.29, 1.82) is 0 Å². The van der Waals surface area contributed by atoms with Crippen molar-refractivity contribution < 1.29 is 34.5 Å². The molecule has 0 radical (unpaired) electrons. The molecular formula is C25H42N8O7. The number of aliphatic hydroxyl groups is 1. The van der Waals surface area contributed by atoms with Crippen LogP contribution in [-0.4, -0.2) is 88.3 Å². The summed E-state index contributed by atoms with van der Waals surface area (Å²) >= 11 is 0. The number of phenolic OH excluding ortho intramolecular Hbond substituents is 1. The van der Waals surface area contributed by atoms with Crippen LogP contribution in [0.15, 0.2) is 29.3 Å². The summed E-state index contributed by atoms with van der Waals surface area (Å²) in [7, 11) is 0. The Bertz CT molecular complexity index is 999. The molecule has 0 aliphatic rings. The second kappa shape index (κ2) is 17.6. The number of guanidine groups is 1. The molecule has 0 aromatic heterocycles. The molecule has 1 aromatic rings. The van der Waals surface area contributed by atoms with Gasteiger partial charge in [-0.05, 0) is 56.8 Å². The van der Waals surface area contributed by atoms with Gasteiger partial charge in [-0.25, -0.2) is 4.79 Å². The van der Waals surface area contributed by atoms with E-state index in [0.29, 0.717) is 31.4 Å². The molecule has 40 heavy (non-hydrogen) atoms. The summed E-state index contributed by atoms with van der Waals surface area (Å²) in [5.41, 5.74) is 22.5. The largest absolute Gasteiger partial charge is 0.508 e. The molecule has 0 saturated carbocycles. The van der Waals surface area contributed by atoms with Crippen LogP contribution < -0.4 is 38.9 Å². The quantitative estimate of drug-likeness (QED) is 0.0498. The van der Waals surface area contributed by atoms with E-state index in [-0.39, 0.29) is 37.5 Å². The second-order valence-electron chi connectivity index (χ2n) is 9.40. The Morgan fingerprint density at radius 2 is 1.52 bits per heavy atom. The van der Waals surface area contributed by atoms with Crippen molar-refractivity contribution in [1.82, 2.24) is 16.0 Å². The van der Waals surface area contributed by atoms with E-state index >= 15 is 0 Å². The molecule has 14 N–H and O–H groups in total. The molecule has 0 saturated heterocycles. The number of nitrogens with one attached hydrogen (secondary N) is 3. The number of carboxylic acids is 1. The van der Waals surface area contributed by atoms with Crippen LogP contribution in [0.5, 0.6) is 5.75 Å². The Balaban J connectivity index is 3.03. The predicted octanol–water partition coefficient (Wildman–Crippen LogP) is -2.64. The van der Waals surface area contributed by atoms with Gasteiger partial charge in [0.2, 0.25) is 17.7 Å². The predicted molar refractivity (Wildman–Crippen MR) is 148 cm³/mol. The van der Waals surface area contributed by atoms with Crippen molar-refractivity contribution in [2.75, 3.05) is 13.1 Å². The van der Waals surface area contributed by atoms with Gasteiger partial charge in [-0.3, -0.25) is 19.4 Å². The zero-order chi connectivity index (χ0) is 30.2. The van der Waals surface area contributed by atoms with Gasteiger partial charge < -0.3 is 54.2 Å². The first-order valence-corrected chi connectivity index (χ1v) is 13.0. The van der Waals surface area contributed by atoms with Crippen molar-refractivity contribution >= 4 is 29.7 Å². The average molecular weight is 567 g/mol. The number of amides is 3. The molecule has 5 unspecified atom stereocenters. The number of benzene rings is 1. The zero-order valence-corrected chi connectivity index (χ0v) is 22.6. The number of carbonyl (C=O) groups excluding carboxylic acids is 3. The van der Waals surface area contributed by atoms with Gasteiger partial charge in [-0.2, -0.15) is 0 Å². The van der Waals surface area contributed by atoms with Gasteiger partial charge in [0.1, 0.15) is 23.9 Å². The summed E-state index contributed by atoms with van der Waals surface area (Å²) in [6, 6.07) is 0.951. The monoisotopic (exact) mass is 566 g/mol. The number of carbonyl (C=O) groups is 4. The first-order chi connectivity index (χ1) is 18.8. The summed E-state index contributed by atoms with van der Waals surface area (Å²) in [5.74, 6) is -3.82. The van der Waals surface area contributed by atoms with Crippen LogP contribution >= 0.6 is 0 Å². The van der Waals surface area contributed by atoms with E-state index in [4.69, 9.17) is 22.9 Å². The third-order valence-corrected chi connectivity index (χ3v) is 5.94. The maximum absolute atomic E-state index is 13.3. The molecule has 224 valence electrons. The van der Waals surface area contributed by atoms with Crippen molar-refractivity contribution in [3.63, 3.8) is 0 Å². The highest BCUT2D eigenvalue weighted by Crippen LogP contribution is 2.12. The standard InChI is InChI=1S/C25H42N8O7/c1-14(34)20(23(38)31-18(24(39)40)6-4-12-30-25(28)29)33-22(37)19(13-15-7-9-16(35)10-8-15)32-21(36)17(27)5-2-3-11-26/h7-10,14,17-20,34-35H,2-6,11-13,26-27H2,1H3,(H,31,38)(H,32,36)(H,33,37)(H,39,40)(H4,28,29,30). The normalized spacial score (nSPS) is 14.6. The maximum Gasteiger partial charge on any atom is 0.326 e. The van der Waals surface area contributed by atoms with E-state index < -0.39 is 54.0 Å². The van der Waals surface area contributed by atoms with E-state index in [1.54, 1.807) is 12.1 Å². The molecule has 0 spiro atoms. The minimum Gasteiger partial charge on any atom is -0.508 e. The van der Waals surface area contributed by atoms with E-state index in [0.717, 1.165) is 0 Å². The number of nitrogens with two attached hydrogens (primary N) is 4. The Morgan fingerprint density at radius 1 is 0.900 bits per heavy atom. The zero-order valence-electron chi connectivity index (χ0n) is 22.6. The number of carboxylic acid groups (broad SMARTS) is 1. The smallest absolute Gasteiger partial charge is 0.326 e. The average Bonchev–Trinajstić information content (AvgIpc) is 2.89. The third-order valence-electron chi connectivity index (χ3n) is 5.94. The number of nitrogens with zero attached hydrogens (tertiary/aromatic N) is 1. The number of aliphatic imine (C=N–C) groups is 1. The molecule has 15 heteroatoms. The Hall–Kier alpha value is -3.95. The second-order valence-corrected chi connectivity index (χ2v) is 9.40. The molecule has 1 aromatic carbocycles. The number of unbranched alkanes of at least 4 members (excludes halogenated alkanes) is 1. The lowest BCUT2D eigenvalue weighted by Crippen LogP contribution is -2.60. The molecule has 0 aliphatic heterocycles. The molecule has 0 heterocycles.